The Hall–Kier alpha value is -3.16. The Morgan fingerprint density at radius 1 is 1.04 bits per heavy atom. The fourth-order valence-corrected chi connectivity index (χ4v) is 2.04. The number of alkyl halides is 2. The van der Waals surface area contributed by atoms with Crippen LogP contribution in [0.5, 0.6) is 11.5 Å². The number of anilines is 1. The summed E-state index contributed by atoms with van der Waals surface area (Å²) in [7, 11) is 1.25. The van der Waals surface area contributed by atoms with E-state index in [2.05, 4.69) is 10.1 Å². The number of carbonyl (C=O) groups excluding carboxylic acids is 2. The highest BCUT2D eigenvalue weighted by atomic mass is 19.3. The number of halogens is 2. The predicted molar refractivity (Wildman–Crippen MR) is 89.6 cm³/mol. The Labute approximate surface area is 148 Å². The monoisotopic (exact) mass is 365 g/mol. The van der Waals surface area contributed by atoms with Crippen molar-refractivity contribution in [3.63, 3.8) is 0 Å². The van der Waals surface area contributed by atoms with Gasteiger partial charge in [-0.1, -0.05) is 18.2 Å². The lowest BCUT2D eigenvalue weighted by Crippen LogP contribution is -2.30. The second-order valence-electron chi connectivity index (χ2n) is 5.15. The van der Waals surface area contributed by atoms with Gasteiger partial charge < -0.3 is 19.5 Å². The molecule has 0 heterocycles. The second kappa shape index (κ2) is 8.80. The van der Waals surface area contributed by atoms with Crippen LogP contribution < -0.4 is 14.8 Å². The molecule has 0 aliphatic heterocycles. The zero-order chi connectivity index (χ0) is 19.1. The van der Waals surface area contributed by atoms with Crippen LogP contribution in [-0.4, -0.2) is 31.7 Å². The van der Waals surface area contributed by atoms with Crippen LogP contribution in [0.25, 0.3) is 0 Å². The van der Waals surface area contributed by atoms with Crippen molar-refractivity contribution in [1.82, 2.24) is 0 Å². The average Bonchev–Trinajstić information content (AvgIpc) is 2.62. The molecule has 138 valence electrons. The number of rotatable bonds is 7. The number of hydrogen-bond donors (Lipinski definition) is 1. The van der Waals surface area contributed by atoms with E-state index in [1.165, 1.54) is 26.2 Å². The lowest BCUT2D eigenvalue weighted by molar-refractivity contribution is -0.123. The van der Waals surface area contributed by atoms with Crippen LogP contribution in [-0.2, 0) is 9.53 Å². The Balaban J connectivity index is 2.03. The molecule has 0 saturated heterocycles. The Bertz CT molecular complexity index is 767. The van der Waals surface area contributed by atoms with Crippen molar-refractivity contribution in [3.05, 3.63) is 54.1 Å². The van der Waals surface area contributed by atoms with Crippen LogP contribution in [0.2, 0.25) is 0 Å². The molecule has 0 aliphatic carbocycles. The van der Waals surface area contributed by atoms with E-state index in [4.69, 9.17) is 9.47 Å². The van der Waals surface area contributed by atoms with Gasteiger partial charge in [-0.15, -0.1) is 0 Å². The van der Waals surface area contributed by atoms with Crippen molar-refractivity contribution in [1.29, 1.82) is 0 Å². The van der Waals surface area contributed by atoms with Gasteiger partial charge in [-0.05, 0) is 37.3 Å². The van der Waals surface area contributed by atoms with E-state index >= 15 is 0 Å². The van der Waals surface area contributed by atoms with Crippen LogP contribution in [0, 0.1) is 0 Å². The van der Waals surface area contributed by atoms with Crippen molar-refractivity contribution in [2.45, 2.75) is 19.6 Å². The van der Waals surface area contributed by atoms with E-state index < -0.39 is 24.6 Å². The fourth-order valence-electron chi connectivity index (χ4n) is 2.04. The number of amides is 1. The summed E-state index contributed by atoms with van der Waals surface area (Å²) < 4.78 is 38.9. The van der Waals surface area contributed by atoms with Gasteiger partial charge in [0.2, 0.25) is 0 Å². The first kappa shape index (κ1) is 19.2. The van der Waals surface area contributed by atoms with Crippen molar-refractivity contribution in [3.8, 4) is 11.5 Å². The number of ether oxygens (including phenoxy) is 3. The maximum absolute atomic E-state index is 12.3. The van der Waals surface area contributed by atoms with Gasteiger partial charge in [-0.2, -0.15) is 8.78 Å². The molecule has 0 spiro atoms. The third kappa shape index (κ3) is 5.17. The molecule has 2 aromatic rings. The lowest BCUT2D eigenvalue weighted by atomic mass is 10.2. The molecule has 0 radical (unpaired) electrons. The summed E-state index contributed by atoms with van der Waals surface area (Å²) in [6.45, 7) is -1.61. The van der Waals surface area contributed by atoms with Gasteiger partial charge in [0.15, 0.2) is 17.6 Å². The maximum Gasteiger partial charge on any atom is 0.387 e. The van der Waals surface area contributed by atoms with Crippen molar-refractivity contribution in [2.75, 3.05) is 12.4 Å². The normalized spacial score (nSPS) is 11.6. The average molecular weight is 365 g/mol. The van der Waals surface area contributed by atoms with Crippen LogP contribution in [0.4, 0.5) is 14.5 Å². The van der Waals surface area contributed by atoms with E-state index in [0.29, 0.717) is 5.69 Å². The molecule has 0 fully saturated rings. The van der Waals surface area contributed by atoms with Crippen LogP contribution in [0.15, 0.2) is 48.5 Å². The number of benzene rings is 2. The minimum Gasteiger partial charge on any atom is -0.493 e. The summed E-state index contributed by atoms with van der Waals surface area (Å²) >= 11 is 0. The van der Waals surface area contributed by atoms with Crippen LogP contribution in [0.3, 0.4) is 0 Å². The highest BCUT2D eigenvalue weighted by Crippen LogP contribution is 2.29. The molecule has 26 heavy (non-hydrogen) atoms. The van der Waals surface area contributed by atoms with Gasteiger partial charge in [0, 0.05) is 5.69 Å². The summed E-state index contributed by atoms with van der Waals surface area (Å²) in [6.07, 6.45) is -1.06. The molecular formula is C18H17F2NO5. The molecule has 8 heteroatoms. The Kier molecular flexibility index (Phi) is 6.48. The van der Waals surface area contributed by atoms with Gasteiger partial charge in [-0.3, -0.25) is 4.79 Å². The molecule has 2 rings (SSSR count). The third-order valence-electron chi connectivity index (χ3n) is 3.31. The van der Waals surface area contributed by atoms with E-state index in [0.717, 1.165) is 6.07 Å². The van der Waals surface area contributed by atoms with E-state index in [1.54, 1.807) is 30.3 Å². The highest BCUT2D eigenvalue weighted by Gasteiger charge is 2.21. The maximum atomic E-state index is 12.3. The van der Waals surface area contributed by atoms with Crippen LogP contribution in [0.1, 0.15) is 17.3 Å². The van der Waals surface area contributed by atoms with Gasteiger partial charge in [0.25, 0.3) is 5.91 Å². The van der Waals surface area contributed by atoms with Crippen molar-refractivity contribution < 1.29 is 32.6 Å². The second-order valence-corrected chi connectivity index (χ2v) is 5.15. The standard InChI is InChI=1S/C18H17F2NO5/c1-11(16(22)21-13-6-4-3-5-7-13)25-17(23)12-8-9-14(26-18(19)20)15(10-12)24-2/h3-11,18H,1-2H3,(H,21,22)/t11-/m1/s1. The molecule has 2 aromatic carbocycles. The summed E-state index contributed by atoms with van der Waals surface area (Å²) in [4.78, 5) is 24.2. The molecule has 0 aromatic heterocycles. The Morgan fingerprint density at radius 2 is 1.73 bits per heavy atom. The number of methoxy groups -OCH3 is 1. The summed E-state index contributed by atoms with van der Waals surface area (Å²) in [6, 6.07) is 12.3. The number of hydrogen-bond acceptors (Lipinski definition) is 5. The third-order valence-corrected chi connectivity index (χ3v) is 3.31. The Morgan fingerprint density at radius 3 is 2.35 bits per heavy atom. The van der Waals surface area contributed by atoms with Gasteiger partial charge in [0.1, 0.15) is 0 Å². The lowest BCUT2D eigenvalue weighted by Gasteiger charge is -2.15. The molecule has 6 nitrogen and oxygen atoms in total. The molecule has 1 amide bonds. The predicted octanol–water partition coefficient (Wildman–Crippen LogP) is 3.48. The molecule has 1 N–H and O–H groups in total. The first-order chi connectivity index (χ1) is 12.4. The molecule has 0 aliphatic rings. The topological polar surface area (TPSA) is 73.9 Å². The summed E-state index contributed by atoms with van der Waals surface area (Å²) in [5, 5.41) is 2.61. The first-order valence-corrected chi connectivity index (χ1v) is 7.60. The molecule has 0 saturated carbocycles. The minimum atomic E-state index is -3.02. The number of esters is 1. The van der Waals surface area contributed by atoms with Gasteiger partial charge >= 0.3 is 12.6 Å². The smallest absolute Gasteiger partial charge is 0.387 e. The van der Waals surface area contributed by atoms with Gasteiger partial charge in [0.05, 0.1) is 12.7 Å². The zero-order valence-electron chi connectivity index (χ0n) is 14.1. The zero-order valence-corrected chi connectivity index (χ0v) is 14.1. The molecule has 0 unspecified atom stereocenters. The summed E-state index contributed by atoms with van der Waals surface area (Å²) in [5.41, 5.74) is 0.596. The van der Waals surface area contributed by atoms with Gasteiger partial charge in [-0.25, -0.2) is 4.79 Å². The highest BCUT2D eigenvalue weighted by molar-refractivity contribution is 5.97. The summed E-state index contributed by atoms with van der Waals surface area (Å²) in [5.74, 6) is -1.58. The number of para-hydroxylation sites is 1. The van der Waals surface area contributed by atoms with Crippen molar-refractivity contribution >= 4 is 17.6 Å². The fraction of sp³-hybridized carbons (Fsp3) is 0.222. The molecular weight excluding hydrogens is 348 g/mol. The quantitative estimate of drug-likeness (QED) is 0.761. The number of nitrogens with one attached hydrogen (secondary N) is 1. The molecule has 0 bridgehead atoms. The van der Waals surface area contributed by atoms with E-state index in [-0.39, 0.29) is 17.1 Å². The minimum absolute atomic E-state index is 0.0304. The SMILES string of the molecule is COc1cc(C(=O)O[C@H](C)C(=O)Nc2ccccc2)ccc1OC(F)F. The van der Waals surface area contributed by atoms with E-state index in [1.807, 2.05) is 0 Å². The molecule has 1 atom stereocenters. The number of carbonyl (C=O) groups is 2. The van der Waals surface area contributed by atoms with Crippen LogP contribution >= 0.6 is 0 Å². The first-order valence-electron chi connectivity index (χ1n) is 7.60. The largest absolute Gasteiger partial charge is 0.493 e. The van der Waals surface area contributed by atoms with Crippen molar-refractivity contribution in [2.24, 2.45) is 0 Å². The van der Waals surface area contributed by atoms with E-state index in [9.17, 15) is 18.4 Å².